The molecule has 5 rings (SSSR count). The average molecular weight is 634 g/mol. The summed E-state index contributed by atoms with van der Waals surface area (Å²) in [6.45, 7) is 9.20. The summed E-state index contributed by atoms with van der Waals surface area (Å²) in [4.78, 5) is 56.6. The predicted molar refractivity (Wildman–Crippen MR) is 162 cm³/mol. The molecule has 1 saturated heterocycles. The van der Waals surface area contributed by atoms with Crippen LogP contribution in [0.15, 0.2) is 36.9 Å². The molecule has 15 heteroatoms. The van der Waals surface area contributed by atoms with Gasteiger partial charge in [0.1, 0.15) is 29.5 Å². The third-order valence-corrected chi connectivity index (χ3v) is 8.89. The lowest BCUT2D eigenvalue weighted by molar-refractivity contribution is -0.143. The van der Waals surface area contributed by atoms with Gasteiger partial charge in [0, 0.05) is 24.4 Å². The topological polar surface area (TPSA) is 193 Å². The van der Waals surface area contributed by atoms with E-state index in [0.29, 0.717) is 17.1 Å². The molecule has 2 aliphatic carbocycles. The van der Waals surface area contributed by atoms with Gasteiger partial charge in [-0.15, -0.1) is 16.8 Å². The molecule has 4 amide bonds. The second kappa shape index (κ2) is 12.8. The number of amides is 4. The number of alkyl carbamates (subject to hydrolysis) is 1. The number of nitrogens with one attached hydrogen (secondary N) is 3. The summed E-state index contributed by atoms with van der Waals surface area (Å²) in [5, 5.41) is 29.7. The first-order valence-corrected chi connectivity index (χ1v) is 15.3. The standard InChI is InChI=1S/C31H39N9O6/c1-6-19-15-31(19,28(43)33-17-32)35-26(41)23-14-20(40-37-25(36-38-40)18-10-12-21(45-5)13-11-18)16-39(23)27(42)24(30(2,3)4)34-29(44)46-22-8-7-9-22/h6,10-13,19-20,22-24H,1,7-9,14-16H2,2-5H3,(H,33,43)(H,34,44)(H,35,41)/t19?,20-,23+,24+,31-/m1/s1. The Bertz CT molecular complexity index is 1540. The number of hydrogen-bond acceptors (Lipinski definition) is 10. The van der Waals surface area contributed by atoms with Crippen molar-refractivity contribution < 1.29 is 28.7 Å². The van der Waals surface area contributed by atoms with E-state index >= 15 is 0 Å². The smallest absolute Gasteiger partial charge is 0.408 e. The van der Waals surface area contributed by atoms with E-state index in [0.717, 1.165) is 19.3 Å². The van der Waals surface area contributed by atoms with Gasteiger partial charge in [0.05, 0.1) is 13.2 Å². The SMILES string of the molecule is C=CC1C[C@]1(NC(=O)[C@@H]1C[C@@H](n2nnc(-c3ccc(OC)cc3)n2)CN1C(=O)[C@H](NC(=O)OC1CCC1)C(C)(C)C)C(=O)NC#N. The molecule has 0 bridgehead atoms. The van der Waals surface area contributed by atoms with Crippen LogP contribution in [0.4, 0.5) is 4.79 Å². The zero-order chi connectivity index (χ0) is 33.2. The summed E-state index contributed by atoms with van der Waals surface area (Å²) in [6.07, 6.45) is 5.16. The van der Waals surface area contributed by atoms with Gasteiger partial charge >= 0.3 is 6.09 Å². The van der Waals surface area contributed by atoms with Crippen molar-refractivity contribution >= 4 is 23.8 Å². The van der Waals surface area contributed by atoms with Gasteiger partial charge in [-0.3, -0.25) is 19.7 Å². The lowest BCUT2D eigenvalue weighted by Gasteiger charge is -2.36. The lowest BCUT2D eigenvalue weighted by Crippen LogP contribution is -2.60. The van der Waals surface area contributed by atoms with Crippen molar-refractivity contribution in [1.29, 1.82) is 5.26 Å². The lowest BCUT2D eigenvalue weighted by atomic mass is 9.85. The summed E-state index contributed by atoms with van der Waals surface area (Å²) in [7, 11) is 1.57. The highest BCUT2D eigenvalue weighted by Gasteiger charge is 2.61. The fourth-order valence-corrected chi connectivity index (χ4v) is 5.81. The third kappa shape index (κ3) is 6.51. The van der Waals surface area contributed by atoms with Gasteiger partial charge in [0.2, 0.25) is 17.6 Å². The van der Waals surface area contributed by atoms with Crippen molar-refractivity contribution in [3.05, 3.63) is 36.9 Å². The van der Waals surface area contributed by atoms with Gasteiger partial charge in [0.15, 0.2) is 6.19 Å². The van der Waals surface area contributed by atoms with Crippen LogP contribution in [0.1, 0.15) is 58.9 Å². The number of ether oxygens (including phenoxy) is 2. The molecule has 1 aliphatic heterocycles. The first-order valence-electron chi connectivity index (χ1n) is 15.3. The minimum absolute atomic E-state index is 0.0313. The number of carbonyl (C=O) groups is 4. The Morgan fingerprint density at radius 1 is 1.20 bits per heavy atom. The summed E-state index contributed by atoms with van der Waals surface area (Å²) in [6, 6.07) is 4.48. The molecule has 3 N–H and O–H groups in total. The maximum absolute atomic E-state index is 14.3. The molecule has 1 unspecified atom stereocenters. The number of methoxy groups -OCH3 is 1. The van der Waals surface area contributed by atoms with Crippen LogP contribution in [0.3, 0.4) is 0 Å². The number of carbonyl (C=O) groups excluding carboxylic acids is 4. The summed E-state index contributed by atoms with van der Waals surface area (Å²) in [5.74, 6) is -1.11. The number of benzene rings is 1. The molecule has 2 saturated carbocycles. The fraction of sp³-hybridized carbons (Fsp3) is 0.548. The van der Waals surface area contributed by atoms with Crippen molar-refractivity contribution in [3.63, 3.8) is 0 Å². The highest BCUT2D eigenvalue weighted by Crippen LogP contribution is 2.45. The molecule has 3 fully saturated rings. The second-order valence-corrected chi connectivity index (χ2v) is 13.0. The van der Waals surface area contributed by atoms with E-state index in [1.807, 2.05) is 20.8 Å². The molecule has 2 heterocycles. The fourth-order valence-electron chi connectivity index (χ4n) is 5.81. The van der Waals surface area contributed by atoms with Gasteiger partial charge in [-0.25, -0.2) is 4.79 Å². The average Bonchev–Trinajstić information content (AvgIpc) is 3.31. The molecule has 15 nitrogen and oxygen atoms in total. The number of hydrogen-bond donors (Lipinski definition) is 3. The highest BCUT2D eigenvalue weighted by molar-refractivity contribution is 5.99. The minimum Gasteiger partial charge on any atom is -0.497 e. The van der Waals surface area contributed by atoms with E-state index in [1.54, 1.807) is 43.6 Å². The number of aromatic nitrogens is 4. The van der Waals surface area contributed by atoms with Crippen LogP contribution in [-0.2, 0) is 19.1 Å². The highest BCUT2D eigenvalue weighted by atomic mass is 16.6. The van der Waals surface area contributed by atoms with Crippen LogP contribution in [-0.4, -0.2) is 86.3 Å². The maximum Gasteiger partial charge on any atom is 0.408 e. The monoisotopic (exact) mass is 633 g/mol. The van der Waals surface area contributed by atoms with E-state index in [1.165, 1.54) is 9.70 Å². The number of likely N-dealkylation sites (tertiary alicyclic amines) is 1. The summed E-state index contributed by atoms with van der Waals surface area (Å²) in [5.41, 5.74) is -1.41. The van der Waals surface area contributed by atoms with Crippen molar-refractivity contribution in [1.82, 2.24) is 41.1 Å². The molecule has 244 valence electrons. The molecule has 46 heavy (non-hydrogen) atoms. The Kier molecular flexibility index (Phi) is 9.00. The number of rotatable bonds is 10. The van der Waals surface area contributed by atoms with Crippen LogP contribution >= 0.6 is 0 Å². The van der Waals surface area contributed by atoms with Crippen LogP contribution in [0.5, 0.6) is 5.75 Å². The molecule has 0 radical (unpaired) electrons. The van der Waals surface area contributed by atoms with Crippen molar-refractivity contribution in [2.24, 2.45) is 11.3 Å². The van der Waals surface area contributed by atoms with Gasteiger partial charge in [-0.1, -0.05) is 26.8 Å². The predicted octanol–water partition coefficient (Wildman–Crippen LogP) is 1.84. The Labute approximate surface area is 266 Å². The van der Waals surface area contributed by atoms with E-state index in [2.05, 4.69) is 37.9 Å². The van der Waals surface area contributed by atoms with Crippen LogP contribution in [0, 0.1) is 22.8 Å². The van der Waals surface area contributed by atoms with Gasteiger partial charge in [-0.2, -0.15) is 10.1 Å². The Morgan fingerprint density at radius 3 is 2.48 bits per heavy atom. The van der Waals surface area contributed by atoms with Gasteiger partial charge in [-0.05, 0) is 60.6 Å². The van der Waals surface area contributed by atoms with Gasteiger partial charge < -0.3 is 25.0 Å². The van der Waals surface area contributed by atoms with E-state index < -0.39 is 52.9 Å². The first kappa shape index (κ1) is 32.4. The first-order chi connectivity index (χ1) is 21.9. The molecule has 3 aliphatic rings. The molecular weight excluding hydrogens is 594 g/mol. The van der Waals surface area contributed by atoms with Crippen molar-refractivity contribution in [3.8, 4) is 23.3 Å². The maximum atomic E-state index is 14.3. The Balaban J connectivity index is 1.42. The van der Waals surface area contributed by atoms with E-state index in [-0.39, 0.29) is 31.4 Å². The quantitative estimate of drug-likeness (QED) is 0.197. The van der Waals surface area contributed by atoms with E-state index in [4.69, 9.17) is 14.7 Å². The Hall–Kier alpha value is -5.00. The largest absolute Gasteiger partial charge is 0.497 e. The van der Waals surface area contributed by atoms with E-state index in [9.17, 15) is 19.2 Å². The second-order valence-electron chi connectivity index (χ2n) is 13.0. The zero-order valence-corrected chi connectivity index (χ0v) is 26.4. The third-order valence-electron chi connectivity index (χ3n) is 8.89. The number of nitrogens with zero attached hydrogens (tertiary/aromatic N) is 6. The minimum atomic E-state index is -1.36. The molecule has 2 aromatic rings. The number of tetrazole rings is 1. The normalized spacial score (nSPS) is 24.5. The zero-order valence-electron chi connectivity index (χ0n) is 26.4. The van der Waals surface area contributed by atoms with Crippen molar-refractivity contribution in [2.75, 3.05) is 13.7 Å². The van der Waals surface area contributed by atoms with Crippen LogP contribution in [0.2, 0.25) is 0 Å². The molecule has 1 aromatic heterocycles. The molecular formula is C31H39N9O6. The summed E-state index contributed by atoms with van der Waals surface area (Å²) >= 11 is 0. The van der Waals surface area contributed by atoms with Crippen LogP contribution < -0.4 is 20.7 Å². The van der Waals surface area contributed by atoms with Crippen molar-refractivity contribution in [2.45, 2.75) is 82.6 Å². The Morgan fingerprint density at radius 2 is 1.91 bits per heavy atom. The molecule has 1 aromatic carbocycles. The summed E-state index contributed by atoms with van der Waals surface area (Å²) < 4.78 is 10.7. The number of nitriles is 1. The molecule has 5 atom stereocenters. The van der Waals surface area contributed by atoms with Crippen LogP contribution in [0.25, 0.3) is 11.4 Å². The molecule has 0 spiro atoms. The van der Waals surface area contributed by atoms with Gasteiger partial charge in [0.25, 0.3) is 5.91 Å².